The first-order valence-corrected chi connectivity index (χ1v) is 32.2. The quantitative estimate of drug-likeness (QED) is 0.143. The van der Waals surface area contributed by atoms with Crippen molar-refractivity contribution in [1.29, 1.82) is 0 Å². The topological polar surface area (TPSA) is 77.3 Å². The average Bonchev–Trinajstić information content (AvgIpc) is 0.845. The lowest BCUT2D eigenvalue weighted by Gasteiger charge is -2.15. The van der Waals surface area contributed by atoms with E-state index in [1.165, 1.54) is 105 Å². The van der Waals surface area contributed by atoms with Gasteiger partial charge in [-0.3, -0.25) is 0 Å². The van der Waals surface area contributed by atoms with Crippen LogP contribution in [-0.4, -0.2) is 29.9 Å². The number of nitrogens with zero attached hydrogens (tertiary/aromatic N) is 6. The molecule has 12 aromatic carbocycles. The Morgan fingerprint density at radius 2 is 0.500 bits per heavy atom. The van der Waals surface area contributed by atoms with Crippen LogP contribution < -0.4 is 0 Å². The summed E-state index contributed by atoms with van der Waals surface area (Å²) in [4.78, 5) is 27.5. The van der Waals surface area contributed by atoms with Gasteiger partial charge in [0.25, 0.3) is 0 Å². The molecule has 0 spiro atoms. The van der Waals surface area contributed by atoms with E-state index in [-0.39, 0.29) is 0 Å². The van der Waals surface area contributed by atoms with Crippen molar-refractivity contribution in [2.45, 2.75) is 69.2 Å². The highest BCUT2D eigenvalue weighted by Crippen LogP contribution is 2.40. The lowest BCUT2D eigenvalue weighted by atomic mass is 9.89. The molecule has 0 amide bonds. The van der Waals surface area contributed by atoms with Crippen LogP contribution in [0.3, 0.4) is 0 Å². The van der Waals surface area contributed by atoms with Crippen LogP contribution >= 0.6 is 0 Å². The third kappa shape index (κ3) is 13.2. The molecule has 15 rings (SSSR count). The zero-order chi connectivity index (χ0) is 65.0. The molecular weight excluding hydrogens is 1140 g/mol. The Kier molecular flexibility index (Phi) is 17.6. The maximum atomic E-state index is 4.76. The SMILES string of the molecule is Cc1cccc(-c2ccc(-c3nc(C)nc(C)c3C)cc2)c1.Cc1nc(C)c(C)c(-c2ccc(-c3cc(-c4cccc5ccccc45)cc(-c4cccc5ccccc45)c3)cc2)n1.Cc1nc(C)c(C)c(-c2ccc(-c3ccc4cc(-c5ccccc5)ccc4c3)cc2)n1. The number of rotatable bonds is 9. The highest BCUT2D eigenvalue weighted by Gasteiger charge is 2.16. The van der Waals surface area contributed by atoms with Gasteiger partial charge in [-0.1, -0.05) is 242 Å². The first-order valence-electron chi connectivity index (χ1n) is 32.2. The fourth-order valence-electron chi connectivity index (χ4n) is 12.7. The molecular formula is C88H74N6. The van der Waals surface area contributed by atoms with E-state index in [1.807, 2.05) is 34.6 Å². The van der Waals surface area contributed by atoms with Crippen molar-refractivity contribution in [2.24, 2.45) is 0 Å². The van der Waals surface area contributed by atoms with E-state index in [1.54, 1.807) is 0 Å². The van der Waals surface area contributed by atoms with Gasteiger partial charge in [0.1, 0.15) is 17.5 Å². The Labute approximate surface area is 552 Å². The second kappa shape index (κ2) is 26.9. The van der Waals surface area contributed by atoms with Crippen molar-refractivity contribution in [3.8, 4) is 101 Å². The number of hydrogen-bond donors (Lipinski definition) is 0. The van der Waals surface area contributed by atoms with Crippen LogP contribution in [0.4, 0.5) is 0 Å². The van der Waals surface area contributed by atoms with Crippen LogP contribution in [0.1, 0.15) is 56.8 Å². The van der Waals surface area contributed by atoms with Gasteiger partial charge in [0, 0.05) is 33.8 Å². The lowest BCUT2D eigenvalue weighted by molar-refractivity contribution is 0.991. The van der Waals surface area contributed by atoms with Gasteiger partial charge in [-0.15, -0.1) is 0 Å². The molecule has 0 bridgehead atoms. The number of benzene rings is 12. The Morgan fingerprint density at radius 1 is 0.191 bits per heavy atom. The van der Waals surface area contributed by atoms with Crippen molar-refractivity contribution in [3.63, 3.8) is 0 Å². The number of hydrogen-bond acceptors (Lipinski definition) is 6. The van der Waals surface area contributed by atoms with E-state index in [0.29, 0.717) is 0 Å². The largest absolute Gasteiger partial charge is 0.238 e. The van der Waals surface area contributed by atoms with Gasteiger partial charge < -0.3 is 0 Å². The molecule has 0 aliphatic carbocycles. The Hall–Kier alpha value is -11.3. The summed E-state index contributed by atoms with van der Waals surface area (Å²) < 4.78 is 0. The molecule has 0 aliphatic heterocycles. The van der Waals surface area contributed by atoms with E-state index in [4.69, 9.17) is 4.98 Å². The van der Waals surface area contributed by atoms with Gasteiger partial charge in [-0.2, -0.15) is 0 Å². The predicted molar refractivity (Wildman–Crippen MR) is 395 cm³/mol. The molecule has 0 atom stereocenters. The summed E-state index contributed by atoms with van der Waals surface area (Å²) in [6.45, 7) is 20.4. The van der Waals surface area contributed by atoms with E-state index in [0.717, 1.165) is 85.0 Å². The van der Waals surface area contributed by atoms with Crippen LogP contribution in [0, 0.1) is 69.2 Å². The summed E-state index contributed by atoms with van der Waals surface area (Å²) in [5.74, 6) is 2.43. The third-order valence-corrected chi connectivity index (χ3v) is 18.1. The Morgan fingerprint density at radius 3 is 0.915 bits per heavy atom. The van der Waals surface area contributed by atoms with Gasteiger partial charge in [0.15, 0.2) is 0 Å². The third-order valence-electron chi connectivity index (χ3n) is 18.1. The van der Waals surface area contributed by atoms with E-state index in [2.05, 4.69) is 326 Å². The van der Waals surface area contributed by atoms with Gasteiger partial charge in [0.05, 0.1) is 17.1 Å². The predicted octanol–water partition coefficient (Wildman–Crippen LogP) is 23.0. The number of aryl methyl sites for hydroxylation is 7. The summed E-state index contributed by atoms with van der Waals surface area (Å²) in [7, 11) is 0. The smallest absolute Gasteiger partial charge is 0.126 e. The van der Waals surface area contributed by atoms with Crippen molar-refractivity contribution in [2.75, 3.05) is 0 Å². The molecule has 94 heavy (non-hydrogen) atoms. The van der Waals surface area contributed by atoms with Crippen molar-refractivity contribution in [1.82, 2.24) is 29.9 Å². The summed E-state index contributed by atoms with van der Waals surface area (Å²) in [5, 5.41) is 7.52. The van der Waals surface area contributed by atoms with E-state index < -0.39 is 0 Å². The molecule has 3 aromatic heterocycles. The van der Waals surface area contributed by atoms with Crippen molar-refractivity contribution >= 4 is 32.3 Å². The van der Waals surface area contributed by atoms with Gasteiger partial charge in [-0.25, -0.2) is 29.9 Å². The Bertz CT molecular complexity index is 5180. The zero-order valence-corrected chi connectivity index (χ0v) is 55.1. The second-order valence-corrected chi connectivity index (χ2v) is 24.6. The molecule has 0 aliphatic rings. The molecule has 0 unspecified atom stereocenters. The molecule has 15 aromatic rings. The zero-order valence-electron chi connectivity index (χ0n) is 55.1. The molecule has 6 heteroatoms. The van der Waals surface area contributed by atoms with E-state index >= 15 is 0 Å². The van der Waals surface area contributed by atoms with Crippen LogP contribution in [0.2, 0.25) is 0 Å². The highest BCUT2D eigenvalue weighted by molar-refractivity contribution is 6.01. The van der Waals surface area contributed by atoms with E-state index in [9.17, 15) is 0 Å². The number of fused-ring (bicyclic) bond motifs is 3. The maximum absolute atomic E-state index is 4.76. The van der Waals surface area contributed by atoms with Crippen LogP contribution in [-0.2, 0) is 0 Å². The Balaban J connectivity index is 0.000000134. The fourth-order valence-corrected chi connectivity index (χ4v) is 12.7. The average molecular weight is 1220 g/mol. The minimum atomic E-state index is 0.801. The lowest BCUT2D eigenvalue weighted by Crippen LogP contribution is -1.99. The first kappa shape index (κ1) is 61.5. The van der Waals surface area contributed by atoms with Crippen LogP contribution in [0.25, 0.3) is 133 Å². The fraction of sp³-hybridized carbons (Fsp3) is 0.114. The normalized spacial score (nSPS) is 11.1. The molecule has 0 N–H and O–H groups in total. The van der Waals surface area contributed by atoms with Crippen molar-refractivity contribution in [3.05, 3.63) is 324 Å². The highest BCUT2D eigenvalue weighted by atomic mass is 14.9. The molecule has 0 radical (unpaired) electrons. The van der Waals surface area contributed by atoms with Crippen molar-refractivity contribution < 1.29 is 0 Å². The molecule has 3 heterocycles. The molecule has 456 valence electrons. The minimum Gasteiger partial charge on any atom is -0.238 e. The number of aromatic nitrogens is 6. The minimum absolute atomic E-state index is 0.801. The second-order valence-electron chi connectivity index (χ2n) is 24.6. The summed E-state index contributed by atoms with van der Waals surface area (Å²) in [5.41, 5.74) is 28.9. The summed E-state index contributed by atoms with van der Waals surface area (Å²) >= 11 is 0. The van der Waals surface area contributed by atoms with Gasteiger partial charge in [-0.05, 0) is 215 Å². The standard InChI is InChI=1S/C39H30N2.C29H24N2.C20H20N2/c1-25-26(2)40-27(3)41-39(25)31-20-18-28(19-21-31)32-22-33(37-16-8-12-29-10-4-6-14-35(29)37)24-34(23-32)38-17-9-13-30-11-5-7-15-36(30)38;1-19-20(2)30-21(3)31-29(19)24-11-9-23(10-12-24)26-14-16-27-17-25(13-15-28(27)18-26)22-7-5-4-6-8-22;1-13-6-5-7-19(12-13)17-8-10-18(11-9-17)20-14(2)15(3)21-16(4)22-20/h4-24H,1-3H3;4-18H,1-3H3;5-12H,1-4H3. The molecule has 0 saturated carbocycles. The van der Waals surface area contributed by atoms with Gasteiger partial charge in [0.2, 0.25) is 0 Å². The van der Waals surface area contributed by atoms with Crippen LogP contribution in [0.5, 0.6) is 0 Å². The molecule has 0 fully saturated rings. The molecule has 0 saturated heterocycles. The summed E-state index contributed by atoms with van der Waals surface area (Å²) in [6.07, 6.45) is 0. The molecule has 6 nitrogen and oxygen atoms in total. The first-order chi connectivity index (χ1) is 45.7. The summed E-state index contributed by atoms with van der Waals surface area (Å²) in [6, 6.07) is 96.0. The maximum Gasteiger partial charge on any atom is 0.126 e. The van der Waals surface area contributed by atoms with Gasteiger partial charge >= 0.3 is 0 Å². The monoisotopic (exact) mass is 1210 g/mol. The van der Waals surface area contributed by atoms with Crippen LogP contribution in [0.15, 0.2) is 267 Å².